The van der Waals surface area contributed by atoms with Crippen molar-refractivity contribution in [1.29, 1.82) is 0 Å². The molecule has 188 valence electrons. The van der Waals surface area contributed by atoms with E-state index in [2.05, 4.69) is 13.8 Å². The van der Waals surface area contributed by atoms with Crippen LogP contribution in [-0.2, 0) is 0 Å². The molecule has 0 fully saturated rings. The Morgan fingerprint density at radius 2 is 0.581 bits per heavy atom. The van der Waals surface area contributed by atoms with Gasteiger partial charge in [-0.2, -0.15) is 0 Å². The minimum Gasteiger partial charge on any atom is -0.393 e. The molecule has 0 heterocycles. The number of rotatable bonds is 27. The summed E-state index contributed by atoms with van der Waals surface area (Å²) in [4.78, 5) is 0. The van der Waals surface area contributed by atoms with Crippen LogP contribution in [0.2, 0.25) is 0 Å². The summed E-state index contributed by atoms with van der Waals surface area (Å²) in [6.45, 7) is 4.38. The predicted molar refractivity (Wildman–Crippen MR) is 142 cm³/mol. The van der Waals surface area contributed by atoms with Crippen molar-refractivity contribution in [2.24, 2.45) is 0 Å². The molecule has 0 aliphatic heterocycles. The Kier molecular flexibility index (Phi) is 28.0. The van der Waals surface area contributed by atoms with Gasteiger partial charge in [-0.15, -0.1) is 0 Å². The van der Waals surface area contributed by atoms with E-state index in [1.54, 1.807) is 0 Å². The fourth-order valence-corrected chi connectivity index (χ4v) is 4.72. The zero-order chi connectivity index (χ0) is 22.7. The monoisotopic (exact) mass is 438 g/mol. The van der Waals surface area contributed by atoms with E-state index in [4.69, 9.17) is 0 Å². The fourth-order valence-electron chi connectivity index (χ4n) is 4.72. The smallest absolute Gasteiger partial charge is 0.0537 e. The number of hydrogen-bond donors (Lipinski definition) is 1. The van der Waals surface area contributed by atoms with E-state index in [1.807, 2.05) is 0 Å². The lowest BCUT2D eigenvalue weighted by Gasteiger charge is -2.06. The molecule has 0 aliphatic carbocycles. The second-order valence-electron chi connectivity index (χ2n) is 10.3. The van der Waals surface area contributed by atoms with Gasteiger partial charge in [0.1, 0.15) is 0 Å². The van der Waals surface area contributed by atoms with E-state index >= 15 is 0 Å². The van der Waals surface area contributed by atoms with Gasteiger partial charge in [0.2, 0.25) is 0 Å². The Morgan fingerprint density at radius 3 is 0.806 bits per heavy atom. The summed E-state index contributed by atoms with van der Waals surface area (Å²) in [6.07, 6.45) is 37.9. The first kappa shape index (κ1) is 31.0. The molecule has 31 heavy (non-hydrogen) atoms. The number of hydrogen-bond acceptors (Lipinski definition) is 1. The zero-order valence-electron chi connectivity index (χ0n) is 22.1. The van der Waals surface area contributed by atoms with Gasteiger partial charge in [-0.1, -0.05) is 174 Å². The number of aliphatic hydroxyl groups excluding tert-OH is 1. The highest BCUT2D eigenvalue weighted by molar-refractivity contribution is 4.54. The minimum absolute atomic E-state index is 0.0514. The molecule has 1 unspecified atom stereocenters. The first-order valence-corrected chi connectivity index (χ1v) is 15.0. The first-order chi connectivity index (χ1) is 15.3. The lowest BCUT2D eigenvalue weighted by molar-refractivity contribution is 0.156. The lowest BCUT2D eigenvalue weighted by Crippen LogP contribution is -2.03. The van der Waals surface area contributed by atoms with Gasteiger partial charge < -0.3 is 5.11 Å². The molecular weight excluding hydrogens is 376 g/mol. The average molecular weight is 439 g/mol. The molecule has 1 atom stereocenters. The van der Waals surface area contributed by atoms with Crippen LogP contribution in [0.1, 0.15) is 187 Å². The third-order valence-electron chi connectivity index (χ3n) is 7.11. The van der Waals surface area contributed by atoms with Crippen LogP contribution in [-0.4, -0.2) is 11.2 Å². The van der Waals surface area contributed by atoms with E-state index < -0.39 is 0 Å². The summed E-state index contributed by atoms with van der Waals surface area (Å²) < 4.78 is 0. The largest absolute Gasteiger partial charge is 0.393 e. The van der Waals surface area contributed by atoms with Crippen LogP contribution >= 0.6 is 0 Å². The molecule has 0 radical (unpaired) electrons. The number of unbranched alkanes of at least 4 members (excludes halogenated alkanes) is 24. The second-order valence-corrected chi connectivity index (χ2v) is 10.3. The highest BCUT2D eigenvalue weighted by atomic mass is 16.3. The Hall–Kier alpha value is -0.0400. The maximum Gasteiger partial charge on any atom is 0.0537 e. The Balaban J connectivity index is 3.01. The Labute approximate surface area is 198 Å². The topological polar surface area (TPSA) is 20.2 Å². The average Bonchev–Trinajstić information content (AvgIpc) is 2.78. The maximum atomic E-state index is 9.54. The van der Waals surface area contributed by atoms with E-state index in [0.717, 1.165) is 12.8 Å². The van der Waals surface area contributed by atoms with Crippen LogP contribution in [0.25, 0.3) is 0 Å². The molecule has 1 heteroatoms. The van der Waals surface area contributed by atoms with Gasteiger partial charge in [0, 0.05) is 0 Å². The normalized spacial score (nSPS) is 12.5. The van der Waals surface area contributed by atoms with Crippen molar-refractivity contribution in [3.63, 3.8) is 0 Å². The summed E-state index contributed by atoms with van der Waals surface area (Å²) in [5.74, 6) is 0. The van der Waals surface area contributed by atoms with Crippen molar-refractivity contribution in [3.8, 4) is 0 Å². The SMILES string of the molecule is CCCCCCCCCCCCCCCCCCCCCCCCCCCC(O)CC. The van der Waals surface area contributed by atoms with Crippen LogP contribution in [0.4, 0.5) is 0 Å². The molecule has 0 saturated carbocycles. The molecule has 0 rings (SSSR count). The van der Waals surface area contributed by atoms with Gasteiger partial charge >= 0.3 is 0 Å². The van der Waals surface area contributed by atoms with Crippen molar-refractivity contribution < 1.29 is 5.11 Å². The quantitative estimate of drug-likeness (QED) is 0.126. The van der Waals surface area contributed by atoms with Crippen molar-refractivity contribution in [3.05, 3.63) is 0 Å². The van der Waals surface area contributed by atoms with Crippen molar-refractivity contribution in [2.45, 2.75) is 193 Å². The van der Waals surface area contributed by atoms with Gasteiger partial charge in [0.25, 0.3) is 0 Å². The lowest BCUT2D eigenvalue weighted by atomic mass is 10.0. The predicted octanol–water partition coefficient (Wildman–Crippen LogP) is 10.9. The third kappa shape index (κ3) is 27.9. The molecule has 0 aromatic heterocycles. The van der Waals surface area contributed by atoms with Crippen molar-refractivity contribution in [2.75, 3.05) is 0 Å². The molecule has 1 N–H and O–H groups in total. The summed E-state index contributed by atoms with van der Waals surface area (Å²) in [5, 5.41) is 9.54. The van der Waals surface area contributed by atoms with Crippen LogP contribution in [0.15, 0.2) is 0 Å². The standard InChI is InChI=1S/C30H62O/c1-3-5-6-7-8-9-10-11-12-13-14-15-16-17-18-19-20-21-22-23-24-25-26-27-28-29-30(31)4-2/h30-31H,3-29H2,1-2H3. The molecule has 0 aromatic carbocycles. The maximum absolute atomic E-state index is 9.54. The molecule has 0 spiro atoms. The second kappa shape index (κ2) is 28.0. The Morgan fingerprint density at radius 1 is 0.355 bits per heavy atom. The molecule has 1 nitrogen and oxygen atoms in total. The summed E-state index contributed by atoms with van der Waals surface area (Å²) in [5.41, 5.74) is 0. The molecule has 0 saturated heterocycles. The summed E-state index contributed by atoms with van der Waals surface area (Å²) >= 11 is 0. The van der Waals surface area contributed by atoms with Crippen LogP contribution in [0.5, 0.6) is 0 Å². The highest BCUT2D eigenvalue weighted by Crippen LogP contribution is 2.16. The van der Waals surface area contributed by atoms with E-state index in [9.17, 15) is 5.11 Å². The number of aliphatic hydroxyl groups is 1. The highest BCUT2D eigenvalue weighted by Gasteiger charge is 2.00. The molecule has 0 bridgehead atoms. The van der Waals surface area contributed by atoms with Gasteiger partial charge in [-0.25, -0.2) is 0 Å². The zero-order valence-corrected chi connectivity index (χ0v) is 22.1. The van der Waals surface area contributed by atoms with Gasteiger partial charge in [-0.05, 0) is 12.8 Å². The van der Waals surface area contributed by atoms with E-state index in [1.165, 1.54) is 161 Å². The molecule has 0 aromatic rings. The van der Waals surface area contributed by atoms with E-state index in [0.29, 0.717) is 0 Å². The Bertz CT molecular complexity index is 301. The van der Waals surface area contributed by atoms with Crippen LogP contribution < -0.4 is 0 Å². The fraction of sp³-hybridized carbons (Fsp3) is 1.00. The summed E-state index contributed by atoms with van der Waals surface area (Å²) in [6, 6.07) is 0. The summed E-state index contributed by atoms with van der Waals surface area (Å²) in [7, 11) is 0. The molecule has 0 amide bonds. The van der Waals surface area contributed by atoms with Gasteiger partial charge in [0.15, 0.2) is 0 Å². The minimum atomic E-state index is -0.0514. The molecular formula is C30H62O. The van der Waals surface area contributed by atoms with Crippen LogP contribution in [0.3, 0.4) is 0 Å². The van der Waals surface area contributed by atoms with Gasteiger partial charge in [-0.3, -0.25) is 0 Å². The van der Waals surface area contributed by atoms with Crippen molar-refractivity contribution in [1.82, 2.24) is 0 Å². The van der Waals surface area contributed by atoms with Crippen molar-refractivity contribution >= 4 is 0 Å². The molecule has 0 aliphatic rings. The van der Waals surface area contributed by atoms with Crippen LogP contribution in [0, 0.1) is 0 Å². The van der Waals surface area contributed by atoms with E-state index in [-0.39, 0.29) is 6.10 Å². The first-order valence-electron chi connectivity index (χ1n) is 15.0. The third-order valence-corrected chi connectivity index (χ3v) is 7.11. The van der Waals surface area contributed by atoms with Gasteiger partial charge in [0.05, 0.1) is 6.10 Å².